The zero-order chi connectivity index (χ0) is 17.1. The number of aryl methyl sites for hydroxylation is 1. The Morgan fingerprint density at radius 1 is 1.08 bits per heavy atom. The lowest BCUT2D eigenvalue weighted by atomic mass is 10.2. The Morgan fingerprint density at radius 3 is 2.29 bits per heavy atom. The first-order chi connectivity index (χ1) is 11.6. The number of carbonyl (C=O) groups excluding carboxylic acids is 1. The highest BCUT2D eigenvalue weighted by Crippen LogP contribution is 2.25. The van der Waals surface area contributed by atoms with E-state index in [1.807, 2.05) is 60.7 Å². The largest absolute Gasteiger partial charge is 0.337 e. The van der Waals surface area contributed by atoms with Crippen LogP contribution in [0.2, 0.25) is 5.15 Å². The number of hydrogen-bond donors (Lipinski definition) is 0. The van der Waals surface area contributed by atoms with E-state index in [2.05, 4.69) is 5.10 Å². The predicted molar refractivity (Wildman–Crippen MR) is 95.6 cm³/mol. The zero-order valence-corrected chi connectivity index (χ0v) is 14.4. The van der Waals surface area contributed by atoms with E-state index < -0.39 is 0 Å². The molecule has 1 heterocycles. The summed E-state index contributed by atoms with van der Waals surface area (Å²) in [6, 6.07) is 19.4. The summed E-state index contributed by atoms with van der Waals surface area (Å²) in [5.41, 5.74) is 2.96. The molecule has 0 spiro atoms. The topological polar surface area (TPSA) is 38.1 Å². The summed E-state index contributed by atoms with van der Waals surface area (Å²) in [4.78, 5) is 14.5. The van der Waals surface area contributed by atoms with E-state index in [1.165, 1.54) is 0 Å². The minimum absolute atomic E-state index is 0.136. The number of rotatable bonds is 4. The zero-order valence-electron chi connectivity index (χ0n) is 13.6. The van der Waals surface area contributed by atoms with Crippen molar-refractivity contribution in [3.8, 4) is 5.69 Å². The van der Waals surface area contributed by atoms with Gasteiger partial charge in [0.2, 0.25) is 0 Å². The first-order valence-electron chi connectivity index (χ1n) is 7.68. The molecule has 5 heteroatoms. The van der Waals surface area contributed by atoms with Crippen molar-refractivity contribution in [3.63, 3.8) is 0 Å². The number of hydrogen-bond acceptors (Lipinski definition) is 2. The SMILES string of the molecule is Cc1nn(-c2ccccc2)c(Cl)c1C(=O)N(C)Cc1ccccc1. The van der Waals surface area contributed by atoms with E-state index in [0.29, 0.717) is 23.0 Å². The molecule has 3 aromatic rings. The fourth-order valence-electron chi connectivity index (χ4n) is 2.60. The van der Waals surface area contributed by atoms with Crippen molar-refractivity contribution in [2.75, 3.05) is 7.05 Å². The molecule has 0 atom stereocenters. The Kier molecular flexibility index (Phi) is 4.67. The Hall–Kier alpha value is -2.59. The van der Waals surface area contributed by atoms with Gasteiger partial charge in [0.05, 0.1) is 16.9 Å². The number of nitrogens with zero attached hydrogens (tertiary/aromatic N) is 3. The summed E-state index contributed by atoms with van der Waals surface area (Å²) in [7, 11) is 1.77. The summed E-state index contributed by atoms with van der Waals surface area (Å²) in [5, 5.41) is 4.76. The average Bonchev–Trinajstić information content (AvgIpc) is 2.90. The second kappa shape index (κ2) is 6.89. The molecule has 122 valence electrons. The van der Waals surface area contributed by atoms with E-state index in [-0.39, 0.29) is 5.91 Å². The van der Waals surface area contributed by atoms with Crippen LogP contribution in [-0.2, 0) is 6.54 Å². The third kappa shape index (κ3) is 3.19. The van der Waals surface area contributed by atoms with Gasteiger partial charge in [-0.1, -0.05) is 60.1 Å². The molecule has 0 aliphatic heterocycles. The molecule has 3 rings (SSSR count). The summed E-state index contributed by atoms with van der Waals surface area (Å²) in [5.74, 6) is -0.136. The first kappa shape index (κ1) is 16.3. The van der Waals surface area contributed by atoms with Crippen LogP contribution in [0.25, 0.3) is 5.69 Å². The van der Waals surface area contributed by atoms with Crippen LogP contribution in [0.3, 0.4) is 0 Å². The molecular formula is C19H18ClN3O. The molecule has 0 bridgehead atoms. The van der Waals surface area contributed by atoms with Crippen molar-refractivity contribution in [3.05, 3.63) is 82.6 Å². The lowest BCUT2D eigenvalue weighted by molar-refractivity contribution is 0.0784. The first-order valence-corrected chi connectivity index (χ1v) is 8.05. The minimum atomic E-state index is -0.136. The second-order valence-corrected chi connectivity index (χ2v) is 6.00. The molecule has 0 saturated carbocycles. The molecule has 0 saturated heterocycles. The van der Waals surface area contributed by atoms with Crippen LogP contribution in [0.4, 0.5) is 0 Å². The van der Waals surface area contributed by atoms with Gasteiger partial charge in [-0.25, -0.2) is 4.68 Å². The second-order valence-electron chi connectivity index (χ2n) is 5.65. The lowest BCUT2D eigenvalue weighted by Crippen LogP contribution is -2.26. The molecule has 0 aliphatic carbocycles. The predicted octanol–water partition coefficient (Wildman–Crippen LogP) is 4.11. The maximum atomic E-state index is 12.8. The van der Waals surface area contributed by atoms with Crippen molar-refractivity contribution in [2.45, 2.75) is 13.5 Å². The van der Waals surface area contributed by atoms with E-state index in [1.54, 1.807) is 23.6 Å². The van der Waals surface area contributed by atoms with Gasteiger partial charge in [-0.05, 0) is 24.6 Å². The number of benzene rings is 2. The maximum Gasteiger partial charge on any atom is 0.258 e. The molecule has 4 nitrogen and oxygen atoms in total. The third-order valence-corrected chi connectivity index (χ3v) is 4.18. The van der Waals surface area contributed by atoms with Crippen molar-refractivity contribution in [2.24, 2.45) is 0 Å². The van der Waals surface area contributed by atoms with Gasteiger partial charge < -0.3 is 4.90 Å². The smallest absolute Gasteiger partial charge is 0.258 e. The van der Waals surface area contributed by atoms with Gasteiger partial charge in [-0.2, -0.15) is 5.10 Å². The number of aromatic nitrogens is 2. The highest BCUT2D eigenvalue weighted by Gasteiger charge is 2.23. The number of carbonyl (C=O) groups is 1. The van der Waals surface area contributed by atoms with Gasteiger partial charge in [0.15, 0.2) is 0 Å². The standard InChI is InChI=1S/C19H18ClN3O/c1-14-17(18(20)23(21-14)16-11-7-4-8-12-16)19(24)22(2)13-15-9-5-3-6-10-15/h3-12H,13H2,1-2H3. The number of halogens is 1. The van der Waals surface area contributed by atoms with E-state index in [4.69, 9.17) is 11.6 Å². The van der Waals surface area contributed by atoms with Crippen molar-refractivity contribution in [1.29, 1.82) is 0 Å². The van der Waals surface area contributed by atoms with Crippen LogP contribution in [0.1, 0.15) is 21.6 Å². The fraction of sp³-hybridized carbons (Fsp3) is 0.158. The molecule has 0 unspecified atom stereocenters. The molecule has 0 N–H and O–H groups in total. The van der Waals surface area contributed by atoms with Crippen LogP contribution in [-0.4, -0.2) is 27.6 Å². The molecule has 2 aromatic carbocycles. The molecule has 0 fully saturated rings. The Bertz CT molecular complexity index is 844. The highest BCUT2D eigenvalue weighted by molar-refractivity contribution is 6.33. The van der Waals surface area contributed by atoms with E-state index >= 15 is 0 Å². The quantitative estimate of drug-likeness (QED) is 0.717. The Morgan fingerprint density at radius 2 is 1.67 bits per heavy atom. The molecule has 0 radical (unpaired) electrons. The Labute approximate surface area is 146 Å². The van der Waals surface area contributed by atoms with Gasteiger partial charge in [-0.3, -0.25) is 4.79 Å². The van der Waals surface area contributed by atoms with Crippen LogP contribution in [0.15, 0.2) is 60.7 Å². The summed E-state index contributed by atoms with van der Waals surface area (Å²) in [6.45, 7) is 2.32. The molecule has 0 aliphatic rings. The van der Waals surface area contributed by atoms with Gasteiger partial charge in [0.1, 0.15) is 5.15 Å². The molecule has 1 aromatic heterocycles. The van der Waals surface area contributed by atoms with Gasteiger partial charge in [0.25, 0.3) is 5.91 Å². The van der Waals surface area contributed by atoms with Crippen LogP contribution < -0.4 is 0 Å². The highest BCUT2D eigenvalue weighted by atomic mass is 35.5. The van der Waals surface area contributed by atoms with Crippen LogP contribution in [0.5, 0.6) is 0 Å². The maximum absolute atomic E-state index is 12.8. The van der Waals surface area contributed by atoms with Crippen LogP contribution >= 0.6 is 11.6 Å². The summed E-state index contributed by atoms with van der Waals surface area (Å²) in [6.07, 6.45) is 0. The Balaban J connectivity index is 1.89. The summed E-state index contributed by atoms with van der Waals surface area (Å²) >= 11 is 6.46. The fourth-order valence-corrected chi connectivity index (χ4v) is 2.96. The molecule has 24 heavy (non-hydrogen) atoms. The van der Waals surface area contributed by atoms with Crippen molar-refractivity contribution >= 4 is 17.5 Å². The lowest BCUT2D eigenvalue weighted by Gasteiger charge is -2.17. The van der Waals surface area contributed by atoms with Gasteiger partial charge >= 0.3 is 0 Å². The van der Waals surface area contributed by atoms with Crippen molar-refractivity contribution < 1.29 is 4.79 Å². The molecule has 1 amide bonds. The monoisotopic (exact) mass is 339 g/mol. The van der Waals surface area contributed by atoms with Gasteiger partial charge in [-0.15, -0.1) is 0 Å². The number of amides is 1. The van der Waals surface area contributed by atoms with E-state index in [9.17, 15) is 4.79 Å². The minimum Gasteiger partial charge on any atom is -0.337 e. The normalized spacial score (nSPS) is 10.6. The average molecular weight is 340 g/mol. The number of para-hydroxylation sites is 1. The van der Waals surface area contributed by atoms with E-state index in [0.717, 1.165) is 11.3 Å². The third-order valence-electron chi connectivity index (χ3n) is 3.83. The molecular weight excluding hydrogens is 322 g/mol. The van der Waals surface area contributed by atoms with Crippen LogP contribution in [0, 0.1) is 6.92 Å². The van der Waals surface area contributed by atoms with Crippen molar-refractivity contribution in [1.82, 2.24) is 14.7 Å². The summed E-state index contributed by atoms with van der Waals surface area (Å²) < 4.78 is 1.60. The van der Waals surface area contributed by atoms with Gasteiger partial charge in [0, 0.05) is 13.6 Å².